The van der Waals surface area contributed by atoms with Gasteiger partial charge in [-0.15, -0.1) is 0 Å². The zero-order chi connectivity index (χ0) is 17.1. The van der Waals surface area contributed by atoms with Gasteiger partial charge in [0.25, 0.3) is 0 Å². The van der Waals surface area contributed by atoms with Crippen molar-refractivity contribution in [3.8, 4) is 0 Å². The first-order valence-corrected chi connectivity index (χ1v) is 8.47. The molecular weight excluding hydrogens is 355 g/mol. The van der Waals surface area contributed by atoms with Crippen molar-refractivity contribution in [3.63, 3.8) is 0 Å². The van der Waals surface area contributed by atoms with Gasteiger partial charge in [0, 0.05) is 6.20 Å². The molecule has 0 saturated carbocycles. The summed E-state index contributed by atoms with van der Waals surface area (Å²) in [7, 11) is 0. The maximum absolute atomic E-state index is 12.3. The largest absolute Gasteiger partial charge is 0.458 e. The Labute approximate surface area is 150 Å². The Bertz CT molecular complexity index is 768. The Morgan fingerprint density at radius 2 is 2.04 bits per heavy atom. The molecule has 0 aliphatic rings. The fourth-order valence-electron chi connectivity index (χ4n) is 2.41. The number of halogens is 2. The lowest BCUT2D eigenvalue weighted by Gasteiger charge is -2.20. The van der Waals surface area contributed by atoms with Gasteiger partial charge in [-0.25, -0.2) is 4.79 Å². The van der Waals surface area contributed by atoms with E-state index in [0.717, 1.165) is 12.0 Å². The second kappa shape index (κ2) is 7.51. The van der Waals surface area contributed by atoms with Crippen molar-refractivity contribution in [2.45, 2.75) is 39.3 Å². The minimum atomic E-state index is -0.411. The number of aromatic amines is 1. The monoisotopic (exact) mass is 372 g/mol. The van der Waals surface area contributed by atoms with E-state index in [2.05, 4.69) is 4.98 Å². The van der Waals surface area contributed by atoms with Crippen LogP contribution in [0.1, 0.15) is 49.3 Å². The Balaban J connectivity index is 2.49. The first-order valence-electron chi connectivity index (χ1n) is 7.31. The molecule has 0 aliphatic heterocycles. The fourth-order valence-corrected chi connectivity index (χ4v) is 3.00. The first-order chi connectivity index (χ1) is 10.8. The molecular formula is C16H18Cl2N2O2S. The minimum Gasteiger partial charge on any atom is -0.458 e. The van der Waals surface area contributed by atoms with Crippen molar-refractivity contribution < 1.29 is 9.53 Å². The highest BCUT2D eigenvalue weighted by molar-refractivity contribution is 7.71. The van der Waals surface area contributed by atoms with E-state index in [-0.39, 0.29) is 12.1 Å². The molecule has 0 aliphatic carbocycles. The molecule has 1 aromatic heterocycles. The molecule has 0 saturated heterocycles. The highest BCUT2D eigenvalue weighted by atomic mass is 35.5. The van der Waals surface area contributed by atoms with Gasteiger partial charge in [0.1, 0.15) is 5.69 Å². The average Bonchev–Trinajstić information content (AvgIpc) is 2.85. The summed E-state index contributed by atoms with van der Waals surface area (Å²) >= 11 is 17.5. The number of aromatic nitrogens is 2. The number of hydrogen-bond donors (Lipinski definition) is 1. The summed E-state index contributed by atoms with van der Waals surface area (Å²) < 4.78 is 7.51. The highest BCUT2D eigenvalue weighted by Gasteiger charge is 2.22. The molecule has 7 heteroatoms. The quantitative estimate of drug-likeness (QED) is 0.563. The smallest absolute Gasteiger partial charge is 0.356 e. The molecule has 1 N–H and O–H groups in total. The Hall–Kier alpha value is -1.30. The molecule has 2 aromatic rings. The highest BCUT2D eigenvalue weighted by Crippen LogP contribution is 2.30. The Kier molecular flexibility index (Phi) is 5.89. The molecule has 1 unspecified atom stereocenters. The van der Waals surface area contributed by atoms with Crippen molar-refractivity contribution in [2.24, 2.45) is 0 Å². The van der Waals surface area contributed by atoms with Crippen LogP contribution < -0.4 is 0 Å². The minimum absolute atomic E-state index is 0.141. The van der Waals surface area contributed by atoms with E-state index < -0.39 is 5.97 Å². The normalized spacial score (nSPS) is 12.4. The summed E-state index contributed by atoms with van der Waals surface area (Å²) in [4.78, 5) is 15.2. The maximum Gasteiger partial charge on any atom is 0.356 e. The molecule has 23 heavy (non-hydrogen) atoms. The summed E-state index contributed by atoms with van der Waals surface area (Å²) in [5.41, 5.74) is 1.32. The third kappa shape index (κ3) is 3.97. The van der Waals surface area contributed by atoms with Crippen LogP contribution in [-0.4, -0.2) is 21.6 Å². The molecule has 0 radical (unpaired) electrons. The van der Waals surface area contributed by atoms with Crippen LogP contribution in [0.25, 0.3) is 0 Å². The van der Waals surface area contributed by atoms with Crippen LogP contribution in [-0.2, 0) is 4.74 Å². The van der Waals surface area contributed by atoms with Crippen molar-refractivity contribution in [1.29, 1.82) is 0 Å². The predicted molar refractivity (Wildman–Crippen MR) is 95.1 cm³/mol. The van der Waals surface area contributed by atoms with Crippen LogP contribution in [0.4, 0.5) is 0 Å². The topological polar surface area (TPSA) is 47.0 Å². The Morgan fingerprint density at radius 3 is 2.61 bits per heavy atom. The van der Waals surface area contributed by atoms with E-state index in [1.54, 1.807) is 36.7 Å². The summed E-state index contributed by atoms with van der Waals surface area (Å²) in [6, 6.07) is 5.28. The standard InChI is InChI=1S/C16H18Cl2N2O2S/c1-4-13(10-5-6-11(17)12(18)7-10)20-14(8-19-16(20)23)15(21)22-9(2)3/h5-9,13H,4H2,1-3H3,(H,19,23). The van der Waals surface area contributed by atoms with E-state index in [1.807, 2.05) is 13.0 Å². The molecule has 2 rings (SSSR count). The zero-order valence-electron chi connectivity index (χ0n) is 13.1. The second-order valence-corrected chi connectivity index (χ2v) is 6.60. The second-order valence-electron chi connectivity index (χ2n) is 5.40. The molecule has 4 nitrogen and oxygen atoms in total. The number of carbonyl (C=O) groups is 1. The molecule has 0 amide bonds. The van der Waals surface area contributed by atoms with Gasteiger partial charge in [-0.1, -0.05) is 36.2 Å². The number of esters is 1. The number of imidazole rings is 1. The number of nitrogens with one attached hydrogen (secondary N) is 1. The first kappa shape index (κ1) is 18.0. The fraction of sp³-hybridized carbons (Fsp3) is 0.375. The maximum atomic E-state index is 12.3. The number of rotatable bonds is 5. The van der Waals surface area contributed by atoms with Gasteiger partial charge in [0.2, 0.25) is 0 Å². The van der Waals surface area contributed by atoms with Gasteiger partial charge in [0.15, 0.2) is 4.77 Å². The van der Waals surface area contributed by atoms with E-state index in [4.69, 9.17) is 40.2 Å². The third-order valence-electron chi connectivity index (χ3n) is 3.39. The van der Waals surface area contributed by atoms with Crippen LogP contribution in [0.15, 0.2) is 24.4 Å². The van der Waals surface area contributed by atoms with Crippen LogP contribution in [0, 0.1) is 4.77 Å². The molecule has 1 atom stereocenters. The average molecular weight is 373 g/mol. The number of H-pyrrole nitrogens is 1. The number of carbonyl (C=O) groups excluding carboxylic acids is 1. The lowest BCUT2D eigenvalue weighted by molar-refractivity contribution is 0.0363. The van der Waals surface area contributed by atoms with Crippen molar-refractivity contribution in [1.82, 2.24) is 9.55 Å². The van der Waals surface area contributed by atoms with Gasteiger partial charge in [-0.2, -0.15) is 0 Å². The van der Waals surface area contributed by atoms with Gasteiger partial charge in [-0.05, 0) is 50.2 Å². The molecule has 1 heterocycles. The van der Waals surface area contributed by atoms with E-state index >= 15 is 0 Å². The third-order valence-corrected chi connectivity index (χ3v) is 4.44. The zero-order valence-corrected chi connectivity index (χ0v) is 15.4. The van der Waals surface area contributed by atoms with Crippen LogP contribution in [0.5, 0.6) is 0 Å². The number of ether oxygens (including phenoxy) is 1. The molecule has 0 fully saturated rings. The van der Waals surface area contributed by atoms with Gasteiger partial charge < -0.3 is 14.3 Å². The SMILES string of the molecule is CCC(c1ccc(Cl)c(Cl)c1)n1c(C(=O)OC(C)C)c[nH]c1=S. The van der Waals surface area contributed by atoms with Gasteiger partial charge in [-0.3, -0.25) is 0 Å². The van der Waals surface area contributed by atoms with E-state index in [9.17, 15) is 4.79 Å². The van der Waals surface area contributed by atoms with Crippen molar-refractivity contribution in [2.75, 3.05) is 0 Å². The number of benzene rings is 1. The lowest BCUT2D eigenvalue weighted by Crippen LogP contribution is -2.20. The summed E-state index contributed by atoms with van der Waals surface area (Å²) in [6.07, 6.45) is 2.10. The molecule has 124 valence electrons. The van der Waals surface area contributed by atoms with Gasteiger partial charge >= 0.3 is 5.97 Å². The van der Waals surface area contributed by atoms with Crippen LogP contribution in [0.3, 0.4) is 0 Å². The van der Waals surface area contributed by atoms with Crippen molar-refractivity contribution in [3.05, 3.63) is 50.5 Å². The number of hydrogen-bond acceptors (Lipinski definition) is 3. The summed E-state index contributed by atoms with van der Waals surface area (Å²) in [5, 5.41) is 0.957. The molecule has 0 bridgehead atoms. The molecule has 0 spiro atoms. The van der Waals surface area contributed by atoms with Crippen LogP contribution in [0.2, 0.25) is 10.0 Å². The lowest BCUT2D eigenvalue weighted by atomic mass is 10.0. The van der Waals surface area contributed by atoms with Crippen LogP contribution >= 0.6 is 35.4 Å². The molecule has 1 aromatic carbocycles. The number of nitrogens with zero attached hydrogens (tertiary/aromatic N) is 1. The Morgan fingerprint density at radius 1 is 1.35 bits per heavy atom. The van der Waals surface area contributed by atoms with Gasteiger partial charge in [0.05, 0.1) is 22.2 Å². The summed E-state index contributed by atoms with van der Waals surface area (Å²) in [5.74, 6) is -0.411. The van der Waals surface area contributed by atoms with E-state index in [0.29, 0.717) is 20.5 Å². The van der Waals surface area contributed by atoms with E-state index in [1.165, 1.54) is 0 Å². The predicted octanol–water partition coefficient (Wildman–Crippen LogP) is 5.42. The van der Waals surface area contributed by atoms with Crippen molar-refractivity contribution >= 4 is 41.4 Å². The summed E-state index contributed by atoms with van der Waals surface area (Å²) in [6.45, 7) is 5.62.